The lowest BCUT2D eigenvalue weighted by molar-refractivity contribution is -0.120. The number of methoxy groups -OCH3 is 1. The molecule has 3 aromatic carbocycles. The fourth-order valence-electron chi connectivity index (χ4n) is 2.86. The summed E-state index contributed by atoms with van der Waals surface area (Å²) in [6, 6.07) is 19.2. The van der Waals surface area contributed by atoms with Gasteiger partial charge in [-0.15, -0.1) is 11.8 Å². The highest BCUT2D eigenvalue weighted by atomic mass is 79.9. The van der Waals surface area contributed by atoms with E-state index in [2.05, 4.69) is 26.5 Å². The first kappa shape index (κ1) is 25.1. The lowest BCUT2D eigenvalue weighted by atomic mass is 10.2. The zero-order valence-electron chi connectivity index (χ0n) is 18.5. The summed E-state index contributed by atoms with van der Waals surface area (Å²) in [5.74, 6) is 0.914. The average molecular weight is 548 g/mol. The van der Waals surface area contributed by atoms with E-state index >= 15 is 0 Å². The molecule has 0 aromatic heterocycles. The zero-order chi connectivity index (χ0) is 23.8. The Morgan fingerprint density at radius 3 is 2.64 bits per heavy atom. The van der Waals surface area contributed by atoms with Crippen molar-refractivity contribution >= 4 is 51.4 Å². The largest absolute Gasteiger partial charge is 0.493 e. The van der Waals surface area contributed by atoms with Gasteiger partial charge in [-0.25, -0.2) is 5.43 Å². The molecule has 0 fully saturated rings. The van der Waals surface area contributed by atoms with Gasteiger partial charge in [-0.05, 0) is 65.7 Å². The maximum absolute atomic E-state index is 12.4. The Bertz CT molecular complexity index is 1140. The number of rotatable bonds is 9. The van der Waals surface area contributed by atoms with E-state index in [1.807, 2.05) is 68.4 Å². The molecule has 33 heavy (non-hydrogen) atoms. The molecule has 3 aromatic rings. The molecule has 3 rings (SSSR count). The van der Waals surface area contributed by atoms with Crippen molar-refractivity contribution in [3.63, 3.8) is 0 Å². The molecule has 0 heterocycles. The first-order valence-electron chi connectivity index (χ1n) is 10.2. The van der Waals surface area contributed by atoms with Crippen LogP contribution in [0.4, 0.5) is 0 Å². The number of hydrogen-bond donors (Lipinski definition) is 1. The van der Waals surface area contributed by atoms with Crippen molar-refractivity contribution < 1.29 is 14.3 Å². The number of amides is 1. The molecule has 1 amide bonds. The molecule has 172 valence electrons. The van der Waals surface area contributed by atoms with Gasteiger partial charge in [-0.2, -0.15) is 5.10 Å². The standard InChI is InChI=1S/C25H24BrClN2O3S/c1-16-8-10-20(11-9-16)33-17(2)25(30)29-28-14-18-12-21(26)24(23(13-18)31-3)32-15-19-6-4-5-7-22(19)27/h4-14,17H,15H2,1-3H3,(H,29,30)/b28-14-/t17-/m0/s1. The van der Waals surface area contributed by atoms with Gasteiger partial charge in [-0.3, -0.25) is 4.79 Å². The maximum atomic E-state index is 12.4. The van der Waals surface area contributed by atoms with E-state index in [0.717, 1.165) is 16.0 Å². The van der Waals surface area contributed by atoms with E-state index in [4.69, 9.17) is 21.1 Å². The first-order valence-corrected chi connectivity index (χ1v) is 12.2. The van der Waals surface area contributed by atoms with E-state index < -0.39 is 0 Å². The summed E-state index contributed by atoms with van der Waals surface area (Å²) in [5, 5.41) is 4.45. The number of aryl methyl sites for hydroxylation is 1. The second-order valence-corrected chi connectivity index (χ2v) is 9.90. The highest BCUT2D eigenvalue weighted by Gasteiger charge is 2.15. The Morgan fingerprint density at radius 1 is 1.21 bits per heavy atom. The number of benzene rings is 3. The zero-order valence-corrected chi connectivity index (χ0v) is 21.6. The second-order valence-electron chi connectivity index (χ2n) is 7.22. The molecule has 0 aliphatic rings. The quantitative estimate of drug-likeness (QED) is 0.186. The van der Waals surface area contributed by atoms with Gasteiger partial charge in [0.2, 0.25) is 0 Å². The number of thioether (sulfide) groups is 1. The SMILES string of the molecule is COc1cc(/C=N\NC(=O)[C@H](C)Sc2ccc(C)cc2)cc(Br)c1OCc1ccccc1Cl. The molecule has 0 bridgehead atoms. The lowest BCUT2D eigenvalue weighted by Crippen LogP contribution is -2.26. The molecule has 0 spiro atoms. The summed E-state index contributed by atoms with van der Waals surface area (Å²) >= 11 is 11.2. The van der Waals surface area contributed by atoms with Gasteiger partial charge >= 0.3 is 0 Å². The number of hydrogen-bond acceptors (Lipinski definition) is 5. The molecule has 0 saturated heterocycles. The number of halogens is 2. The van der Waals surface area contributed by atoms with Crippen LogP contribution < -0.4 is 14.9 Å². The number of hydrazone groups is 1. The van der Waals surface area contributed by atoms with Crippen LogP contribution in [0.2, 0.25) is 5.02 Å². The van der Waals surface area contributed by atoms with Crippen LogP contribution in [0, 0.1) is 6.92 Å². The van der Waals surface area contributed by atoms with Crippen LogP contribution in [0.15, 0.2) is 75.1 Å². The number of ether oxygens (including phenoxy) is 2. The Labute approximate surface area is 211 Å². The number of nitrogens with zero attached hydrogens (tertiary/aromatic N) is 1. The summed E-state index contributed by atoms with van der Waals surface area (Å²) < 4.78 is 12.1. The summed E-state index contributed by atoms with van der Waals surface area (Å²) in [6.07, 6.45) is 1.56. The van der Waals surface area contributed by atoms with E-state index in [-0.39, 0.29) is 11.2 Å². The fraction of sp³-hybridized carbons (Fsp3) is 0.200. The van der Waals surface area contributed by atoms with Gasteiger partial charge in [0, 0.05) is 15.5 Å². The molecule has 8 heteroatoms. The smallest absolute Gasteiger partial charge is 0.253 e. The van der Waals surface area contributed by atoms with E-state index in [0.29, 0.717) is 27.6 Å². The molecule has 1 atom stereocenters. The Morgan fingerprint density at radius 2 is 1.94 bits per heavy atom. The average Bonchev–Trinajstić information content (AvgIpc) is 2.80. The monoisotopic (exact) mass is 546 g/mol. The van der Waals surface area contributed by atoms with E-state index in [9.17, 15) is 4.79 Å². The predicted molar refractivity (Wildman–Crippen MR) is 139 cm³/mol. The van der Waals surface area contributed by atoms with Crippen molar-refractivity contribution in [2.75, 3.05) is 7.11 Å². The van der Waals surface area contributed by atoms with Crippen LogP contribution in [0.5, 0.6) is 11.5 Å². The molecule has 5 nitrogen and oxygen atoms in total. The maximum Gasteiger partial charge on any atom is 0.253 e. The van der Waals surface area contributed by atoms with E-state index in [1.165, 1.54) is 17.3 Å². The minimum atomic E-state index is -0.285. The van der Waals surface area contributed by atoms with Crippen molar-refractivity contribution in [2.45, 2.75) is 30.6 Å². The molecule has 0 aliphatic carbocycles. The van der Waals surface area contributed by atoms with Crippen molar-refractivity contribution in [1.82, 2.24) is 5.43 Å². The third-order valence-corrected chi connectivity index (χ3v) is 6.74. The summed E-state index contributed by atoms with van der Waals surface area (Å²) in [5.41, 5.74) is 5.39. The van der Waals surface area contributed by atoms with Crippen LogP contribution in [-0.2, 0) is 11.4 Å². The normalized spacial score (nSPS) is 11.9. The van der Waals surface area contributed by atoms with Gasteiger partial charge in [0.15, 0.2) is 11.5 Å². The lowest BCUT2D eigenvalue weighted by Gasteiger charge is -2.14. The number of carbonyl (C=O) groups is 1. The van der Waals surface area contributed by atoms with E-state index in [1.54, 1.807) is 19.4 Å². The molecule has 0 aliphatic heterocycles. The second kappa shape index (κ2) is 12.1. The molecule has 0 saturated carbocycles. The van der Waals surface area contributed by atoms with Crippen molar-refractivity contribution in [3.05, 3.63) is 86.8 Å². The number of carbonyl (C=O) groups excluding carboxylic acids is 1. The first-order chi connectivity index (χ1) is 15.9. The highest BCUT2D eigenvalue weighted by molar-refractivity contribution is 9.10. The topological polar surface area (TPSA) is 59.9 Å². The fourth-order valence-corrected chi connectivity index (χ4v) is 4.48. The third-order valence-electron chi connectivity index (χ3n) is 4.67. The van der Waals surface area contributed by atoms with Crippen molar-refractivity contribution in [3.8, 4) is 11.5 Å². The summed E-state index contributed by atoms with van der Waals surface area (Å²) in [4.78, 5) is 13.4. The van der Waals surface area contributed by atoms with Crippen molar-refractivity contribution in [1.29, 1.82) is 0 Å². The van der Waals surface area contributed by atoms with Gasteiger partial charge < -0.3 is 9.47 Å². The Hall–Kier alpha value is -2.48. The van der Waals surface area contributed by atoms with Gasteiger partial charge in [0.05, 0.1) is 23.0 Å². The predicted octanol–water partition coefficient (Wildman–Crippen LogP) is 6.63. The van der Waals surface area contributed by atoms with Gasteiger partial charge in [0.25, 0.3) is 5.91 Å². The molecule has 0 radical (unpaired) electrons. The molecule has 1 N–H and O–H groups in total. The Kier molecular flexibility index (Phi) is 9.23. The van der Waals surface area contributed by atoms with Crippen LogP contribution >= 0.6 is 39.3 Å². The summed E-state index contributed by atoms with van der Waals surface area (Å²) in [7, 11) is 1.57. The number of nitrogens with one attached hydrogen (secondary N) is 1. The highest BCUT2D eigenvalue weighted by Crippen LogP contribution is 2.37. The van der Waals surface area contributed by atoms with Crippen LogP contribution in [-0.4, -0.2) is 24.5 Å². The van der Waals surface area contributed by atoms with Crippen molar-refractivity contribution in [2.24, 2.45) is 5.10 Å². The minimum Gasteiger partial charge on any atom is -0.493 e. The molecular weight excluding hydrogens is 524 g/mol. The Balaban J connectivity index is 1.62. The summed E-state index contributed by atoms with van der Waals surface area (Å²) in [6.45, 7) is 4.18. The van der Waals surface area contributed by atoms with Crippen LogP contribution in [0.3, 0.4) is 0 Å². The third kappa shape index (κ3) is 7.25. The van der Waals surface area contributed by atoms with Crippen LogP contribution in [0.25, 0.3) is 0 Å². The van der Waals surface area contributed by atoms with Gasteiger partial charge in [0.1, 0.15) is 6.61 Å². The van der Waals surface area contributed by atoms with Gasteiger partial charge in [-0.1, -0.05) is 47.5 Å². The minimum absolute atomic E-state index is 0.178. The molecular formula is C25H24BrClN2O3S. The molecule has 0 unspecified atom stereocenters. The van der Waals surface area contributed by atoms with Crippen LogP contribution in [0.1, 0.15) is 23.6 Å².